The van der Waals surface area contributed by atoms with Crippen LogP contribution < -0.4 is 10.1 Å². The van der Waals surface area contributed by atoms with Crippen LogP contribution in [0.4, 0.5) is 13.6 Å². The van der Waals surface area contributed by atoms with Gasteiger partial charge in [-0.15, -0.1) is 0 Å². The van der Waals surface area contributed by atoms with Crippen LogP contribution in [0.15, 0.2) is 42.5 Å². The van der Waals surface area contributed by atoms with Gasteiger partial charge in [0.1, 0.15) is 22.9 Å². The quantitative estimate of drug-likeness (QED) is 0.786. The number of ether oxygens (including phenoxy) is 1. The molecule has 1 heterocycles. The van der Waals surface area contributed by atoms with Crippen LogP contribution in [0.1, 0.15) is 24.2 Å². The first kappa shape index (κ1) is 18.8. The number of amides is 3. The zero-order valence-electron chi connectivity index (χ0n) is 14.7. The summed E-state index contributed by atoms with van der Waals surface area (Å²) in [5.74, 6) is -1.73. The third kappa shape index (κ3) is 3.35. The number of aliphatic hydroxyl groups is 1. The van der Waals surface area contributed by atoms with E-state index in [9.17, 15) is 23.5 Å². The summed E-state index contributed by atoms with van der Waals surface area (Å²) >= 11 is 0. The van der Waals surface area contributed by atoms with E-state index in [0.29, 0.717) is 17.4 Å². The van der Waals surface area contributed by atoms with Gasteiger partial charge in [0, 0.05) is 11.6 Å². The topological polar surface area (TPSA) is 78.9 Å². The van der Waals surface area contributed by atoms with Gasteiger partial charge < -0.3 is 15.2 Å². The summed E-state index contributed by atoms with van der Waals surface area (Å²) in [4.78, 5) is 26.0. The van der Waals surface area contributed by atoms with Crippen molar-refractivity contribution in [3.63, 3.8) is 0 Å². The fourth-order valence-corrected chi connectivity index (χ4v) is 3.03. The van der Waals surface area contributed by atoms with Crippen LogP contribution in [0.3, 0.4) is 0 Å². The lowest BCUT2D eigenvalue weighted by molar-refractivity contribution is -0.132. The van der Waals surface area contributed by atoms with Crippen molar-refractivity contribution in [2.75, 3.05) is 13.7 Å². The van der Waals surface area contributed by atoms with Crippen molar-refractivity contribution >= 4 is 11.9 Å². The summed E-state index contributed by atoms with van der Waals surface area (Å²) in [5.41, 5.74) is -0.994. The van der Waals surface area contributed by atoms with Crippen molar-refractivity contribution in [1.82, 2.24) is 10.2 Å². The number of aliphatic hydroxyl groups excluding tert-OH is 1. The van der Waals surface area contributed by atoms with Gasteiger partial charge >= 0.3 is 6.03 Å². The molecule has 0 bridgehead atoms. The van der Waals surface area contributed by atoms with Crippen molar-refractivity contribution in [1.29, 1.82) is 0 Å². The van der Waals surface area contributed by atoms with E-state index in [4.69, 9.17) is 4.74 Å². The van der Waals surface area contributed by atoms with Crippen molar-refractivity contribution in [2.45, 2.75) is 18.6 Å². The van der Waals surface area contributed by atoms with Gasteiger partial charge in [-0.3, -0.25) is 9.69 Å². The number of methoxy groups -OCH3 is 1. The second-order valence-corrected chi connectivity index (χ2v) is 6.38. The Balaban J connectivity index is 1.82. The maximum absolute atomic E-state index is 13.8. The highest BCUT2D eigenvalue weighted by atomic mass is 19.1. The Hall–Kier alpha value is -3.00. The van der Waals surface area contributed by atoms with E-state index < -0.39 is 41.8 Å². The summed E-state index contributed by atoms with van der Waals surface area (Å²) < 4.78 is 31.9. The number of rotatable bonds is 5. The van der Waals surface area contributed by atoms with E-state index in [0.717, 1.165) is 17.0 Å². The molecule has 3 rings (SSSR count). The molecule has 0 aromatic heterocycles. The number of β-amino-alcohol motifs (C(OH)–C–C–N with tert-alkyl or cyclic N) is 1. The molecular weight excluding hydrogens is 358 g/mol. The molecule has 0 spiro atoms. The number of hydrogen-bond acceptors (Lipinski definition) is 4. The van der Waals surface area contributed by atoms with Gasteiger partial charge in [-0.25, -0.2) is 13.6 Å². The Bertz CT molecular complexity index is 888. The zero-order chi connectivity index (χ0) is 19.8. The van der Waals surface area contributed by atoms with Gasteiger partial charge in [0.2, 0.25) is 0 Å². The lowest BCUT2D eigenvalue weighted by Gasteiger charge is -2.23. The first-order valence-electron chi connectivity index (χ1n) is 8.18. The largest absolute Gasteiger partial charge is 0.497 e. The van der Waals surface area contributed by atoms with Crippen LogP contribution in [-0.2, 0) is 10.3 Å². The van der Waals surface area contributed by atoms with E-state index in [1.54, 1.807) is 31.2 Å². The summed E-state index contributed by atoms with van der Waals surface area (Å²) in [6.07, 6.45) is -1.49. The molecule has 27 heavy (non-hydrogen) atoms. The fourth-order valence-electron chi connectivity index (χ4n) is 3.03. The van der Waals surface area contributed by atoms with Crippen molar-refractivity contribution in [3.05, 3.63) is 65.2 Å². The molecule has 8 heteroatoms. The van der Waals surface area contributed by atoms with Crippen LogP contribution in [0.5, 0.6) is 5.75 Å². The molecule has 1 aliphatic rings. The maximum Gasteiger partial charge on any atom is 0.325 e. The predicted molar refractivity (Wildman–Crippen MR) is 91.9 cm³/mol. The lowest BCUT2D eigenvalue weighted by atomic mass is 9.92. The van der Waals surface area contributed by atoms with E-state index in [-0.39, 0.29) is 5.56 Å². The predicted octanol–water partition coefficient (Wildman–Crippen LogP) is 2.47. The van der Waals surface area contributed by atoms with Gasteiger partial charge in [-0.05, 0) is 30.7 Å². The number of hydrogen-bond donors (Lipinski definition) is 2. The monoisotopic (exact) mass is 376 g/mol. The molecule has 1 saturated heterocycles. The summed E-state index contributed by atoms with van der Waals surface area (Å²) in [7, 11) is 1.51. The van der Waals surface area contributed by atoms with Crippen molar-refractivity contribution in [2.24, 2.45) is 0 Å². The maximum atomic E-state index is 13.8. The summed E-state index contributed by atoms with van der Waals surface area (Å²) in [6.45, 7) is 1.08. The highest BCUT2D eigenvalue weighted by Crippen LogP contribution is 2.31. The normalized spacial score (nSPS) is 20.6. The Kier molecular flexibility index (Phi) is 4.84. The SMILES string of the molecule is COc1ccc(C2(C)NC(=O)N(CC(O)c3ccc(F)cc3F)C2=O)cc1. The second-order valence-electron chi connectivity index (χ2n) is 6.38. The summed E-state index contributed by atoms with van der Waals surface area (Å²) in [5, 5.41) is 12.8. The Morgan fingerprint density at radius 1 is 1.19 bits per heavy atom. The van der Waals surface area contributed by atoms with Gasteiger partial charge in [0.05, 0.1) is 19.8 Å². The number of carbonyl (C=O) groups excluding carboxylic acids is 2. The average molecular weight is 376 g/mol. The minimum atomic E-state index is -1.49. The molecule has 1 fully saturated rings. The minimum Gasteiger partial charge on any atom is -0.497 e. The first-order valence-corrected chi connectivity index (χ1v) is 8.18. The molecule has 2 aromatic carbocycles. The molecule has 2 N–H and O–H groups in total. The van der Waals surface area contributed by atoms with Gasteiger partial charge in [-0.1, -0.05) is 18.2 Å². The molecule has 6 nitrogen and oxygen atoms in total. The van der Waals surface area contributed by atoms with Crippen LogP contribution in [0.2, 0.25) is 0 Å². The minimum absolute atomic E-state index is 0.199. The molecular formula is C19H18F2N2O4. The molecule has 0 radical (unpaired) electrons. The first-order chi connectivity index (χ1) is 12.8. The molecule has 2 atom stereocenters. The standard InChI is InChI=1S/C19H18F2N2O4/c1-19(11-3-6-13(27-2)7-4-11)17(25)23(18(26)22-19)10-16(24)14-8-5-12(20)9-15(14)21/h3-9,16,24H,10H2,1-2H3,(H,22,26). The molecule has 2 aromatic rings. The Morgan fingerprint density at radius 3 is 2.44 bits per heavy atom. The van der Waals surface area contributed by atoms with Crippen molar-refractivity contribution < 1.29 is 28.2 Å². The van der Waals surface area contributed by atoms with Crippen LogP contribution in [0, 0.1) is 11.6 Å². The van der Waals surface area contributed by atoms with Gasteiger partial charge in [0.15, 0.2) is 0 Å². The number of nitrogens with zero attached hydrogens (tertiary/aromatic N) is 1. The van der Waals surface area contributed by atoms with Crippen LogP contribution in [0.25, 0.3) is 0 Å². The number of halogens is 2. The number of carbonyl (C=O) groups is 2. The second kappa shape index (κ2) is 6.96. The number of urea groups is 1. The molecule has 3 amide bonds. The Labute approximate surface area is 154 Å². The smallest absolute Gasteiger partial charge is 0.325 e. The average Bonchev–Trinajstić information content (AvgIpc) is 2.85. The molecule has 1 aliphatic heterocycles. The third-order valence-corrected chi connectivity index (χ3v) is 4.62. The highest BCUT2D eigenvalue weighted by Gasteiger charge is 2.49. The lowest BCUT2D eigenvalue weighted by Crippen LogP contribution is -2.41. The third-order valence-electron chi connectivity index (χ3n) is 4.62. The molecule has 2 unspecified atom stereocenters. The molecule has 0 saturated carbocycles. The zero-order valence-corrected chi connectivity index (χ0v) is 14.7. The Morgan fingerprint density at radius 2 is 1.85 bits per heavy atom. The number of imide groups is 1. The van der Waals surface area contributed by atoms with E-state index in [2.05, 4.69) is 5.32 Å². The number of nitrogens with one attached hydrogen (secondary N) is 1. The van der Waals surface area contributed by atoms with Crippen LogP contribution >= 0.6 is 0 Å². The van der Waals surface area contributed by atoms with Gasteiger partial charge in [-0.2, -0.15) is 0 Å². The van der Waals surface area contributed by atoms with E-state index in [1.165, 1.54) is 7.11 Å². The molecule has 142 valence electrons. The van der Waals surface area contributed by atoms with E-state index >= 15 is 0 Å². The van der Waals surface area contributed by atoms with Crippen LogP contribution in [-0.4, -0.2) is 35.6 Å². The van der Waals surface area contributed by atoms with Gasteiger partial charge in [0.25, 0.3) is 5.91 Å². The number of benzene rings is 2. The molecule has 0 aliphatic carbocycles. The fraction of sp³-hybridized carbons (Fsp3) is 0.263. The van der Waals surface area contributed by atoms with Crippen molar-refractivity contribution in [3.8, 4) is 5.75 Å². The highest BCUT2D eigenvalue weighted by molar-refractivity contribution is 6.07. The summed E-state index contributed by atoms with van der Waals surface area (Å²) in [6, 6.07) is 8.61. The van der Waals surface area contributed by atoms with E-state index in [1.807, 2.05) is 0 Å².